The summed E-state index contributed by atoms with van der Waals surface area (Å²) < 4.78 is 13.8. The second kappa shape index (κ2) is 8.98. The Morgan fingerprint density at radius 1 is 1.42 bits per heavy atom. The van der Waals surface area contributed by atoms with Crippen LogP contribution in [0.25, 0.3) is 0 Å². The van der Waals surface area contributed by atoms with Crippen molar-refractivity contribution in [2.45, 2.75) is 6.92 Å². The van der Waals surface area contributed by atoms with Crippen LogP contribution in [-0.4, -0.2) is 33.6 Å². The van der Waals surface area contributed by atoms with Gasteiger partial charge < -0.3 is 16.0 Å². The third-order valence-corrected chi connectivity index (χ3v) is 2.10. The first-order valence-corrected chi connectivity index (χ1v) is 6.05. The molecule has 0 saturated carbocycles. The van der Waals surface area contributed by atoms with Gasteiger partial charge >= 0.3 is 14.2 Å². The molecular weight excluding hydrogens is 275 g/mol. The molecular formula is C10H14N2O6P+. The van der Waals surface area contributed by atoms with Gasteiger partial charge in [-0.15, -0.1) is 9.42 Å². The maximum absolute atomic E-state index is 10.3. The van der Waals surface area contributed by atoms with Crippen LogP contribution in [0.2, 0.25) is 0 Å². The molecule has 9 heteroatoms. The second-order valence-electron chi connectivity index (χ2n) is 3.27. The number of nitrogens with zero attached hydrogens (tertiary/aromatic N) is 1. The number of oxime groups is 1. The molecule has 5 N–H and O–H groups in total. The molecule has 0 aliphatic heterocycles. The lowest BCUT2D eigenvalue weighted by Crippen LogP contribution is -2.16. The number of carboxylic acids is 1. The minimum atomic E-state index is -2.66. The zero-order valence-corrected chi connectivity index (χ0v) is 10.9. The zero-order chi connectivity index (χ0) is 14.8. The third-order valence-electron chi connectivity index (χ3n) is 1.75. The highest BCUT2D eigenvalue weighted by molar-refractivity contribution is 7.32. The average Bonchev–Trinajstić information content (AvgIpc) is 2.37. The van der Waals surface area contributed by atoms with E-state index in [1.807, 2.05) is 6.92 Å². The van der Waals surface area contributed by atoms with E-state index in [0.717, 1.165) is 5.56 Å². The molecule has 0 spiro atoms. The van der Waals surface area contributed by atoms with Crippen molar-refractivity contribution in [1.29, 1.82) is 0 Å². The smallest absolute Gasteiger partial charge is 0.478 e. The molecule has 19 heavy (non-hydrogen) atoms. The van der Waals surface area contributed by atoms with Crippen LogP contribution >= 0.6 is 8.25 Å². The predicted octanol–water partition coefficient (Wildman–Crippen LogP) is 1.09. The highest BCUT2D eigenvalue weighted by atomic mass is 31.1. The summed E-state index contributed by atoms with van der Waals surface area (Å²) in [7, 11) is -2.66. The molecule has 1 atom stereocenters. The highest BCUT2D eigenvalue weighted by Gasteiger charge is 2.12. The van der Waals surface area contributed by atoms with Crippen molar-refractivity contribution < 1.29 is 29.1 Å². The van der Waals surface area contributed by atoms with Gasteiger partial charge in [0.1, 0.15) is 0 Å². The molecule has 1 aromatic carbocycles. The van der Waals surface area contributed by atoms with E-state index in [-0.39, 0.29) is 12.4 Å². The Labute approximate surface area is 110 Å². The topological polar surface area (TPSA) is 142 Å². The summed E-state index contributed by atoms with van der Waals surface area (Å²) >= 11 is 0. The molecule has 0 amide bonds. The van der Waals surface area contributed by atoms with E-state index in [0.29, 0.717) is 5.56 Å². The molecule has 0 radical (unpaired) electrons. The largest absolute Gasteiger partial charge is 0.695 e. The summed E-state index contributed by atoms with van der Waals surface area (Å²) in [4.78, 5) is 18.3. The number of hydrogen-bond donors (Lipinski definition) is 4. The molecule has 0 saturated heterocycles. The fourth-order valence-electron chi connectivity index (χ4n) is 0.846. The molecule has 0 aromatic heterocycles. The molecule has 8 nitrogen and oxygen atoms in total. The Hall–Kier alpha value is -2.02. The molecule has 0 heterocycles. The van der Waals surface area contributed by atoms with Gasteiger partial charge in [0.05, 0.1) is 5.56 Å². The van der Waals surface area contributed by atoms with Crippen LogP contribution in [0.4, 0.5) is 0 Å². The van der Waals surface area contributed by atoms with E-state index >= 15 is 0 Å². The first-order chi connectivity index (χ1) is 8.86. The van der Waals surface area contributed by atoms with Crippen molar-refractivity contribution in [3.05, 3.63) is 35.4 Å². The fraction of sp³-hybridized carbons (Fsp3) is 0.200. The van der Waals surface area contributed by atoms with Gasteiger partial charge in [0, 0.05) is 4.57 Å². The van der Waals surface area contributed by atoms with Crippen LogP contribution in [0, 0.1) is 6.92 Å². The molecule has 104 valence electrons. The lowest BCUT2D eigenvalue weighted by atomic mass is 10.2. The number of aryl methyl sites for hydroxylation is 1. The fourth-order valence-corrected chi connectivity index (χ4v) is 1.09. The molecule has 1 aromatic rings. The van der Waals surface area contributed by atoms with E-state index < -0.39 is 14.2 Å². The van der Waals surface area contributed by atoms with Gasteiger partial charge in [-0.3, -0.25) is 0 Å². The lowest BCUT2D eigenvalue weighted by molar-refractivity contribution is 0.0697. The first-order valence-electron chi connectivity index (χ1n) is 4.92. The summed E-state index contributed by atoms with van der Waals surface area (Å²) in [5.74, 6) is -1.12. The minimum Gasteiger partial charge on any atom is -0.478 e. The Balaban J connectivity index is 0.000000344. The van der Waals surface area contributed by atoms with Crippen LogP contribution in [0.5, 0.6) is 0 Å². The normalized spacial score (nSPS) is 11.3. The first kappa shape index (κ1) is 17.0. The Kier molecular flexibility index (Phi) is 8.03. The predicted molar refractivity (Wildman–Crippen MR) is 67.3 cm³/mol. The maximum atomic E-state index is 10.3. The molecule has 0 aliphatic rings. The van der Waals surface area contributed by atoms with E-state index in [1.54, 1.807) is 24.3 Å². The monoisotopic (exact) mass is 289 g/mol. The number of amidine groups is 1. The number of rotatable bonds is 4. The Morgan fingerprint density at radius 2 is 1.95 bits per heavy atom. The van der Waals surface area contributed by atoms with Gasteiger partial charge in [0.2, 0.25) is 0 Å². The van der Waals surface area contributed by atoms with Crippen LogP contribution in [-0.2, 0) is 9.09 Å². The van der Waals surface area contributed by atoms with E-state index in [2.05, 4.69) is 9.68 Å². The number of carboxylic acid groups (broad SMARTS) is 1. The summed E-state index contributed by atoms with van der Waals surface area (Å²) in [5.41, 5.74) is 6.27. The summed E-state index contributed by atoms with van der Waals surface area (Å²) in [6.45, 7) is 1.58. The van der Waals surface area contributed by atoms with Crippen LogP contribution < -0.4 is 5.73 Å². The molecule has 0 aliphatic carbocycles. The van der Waals surface area contributed by atoms with Gasteiger partial charge in [-0.1, -0.05) is 22.9 Å². The van der Waals surface area contributed by atoms with Gasteiger partial charge in [-0.25, -0.2) is 4.79 Å². The standard InChI is InChI=1S/C8H8O2.C2H5N2O4P/c1-6-2-4-7(5-3-6)8(9)10;3-2(4-5)1-8-9(6)7/h2-5H,1H3,(H,9,10);1H2,(H3-,3,4,5,6,7)/p+1. The molecule has 0 bridgehead atoms. The Morgan fingerprint density at radius 3 is 2.32 bits per heavy atom. The number of carbonyl (C=O) groups is 1. The van der Waals surface area contributed by atoms with E-state index in [9.17, 15) is 9.36 Å². The number of aromatic carboxylic acids is 1. The molecule has 1 unspecified atom stereocenters. The van der Waals surface area contributed by atoms with Gasteiger partial charge in [0.15, 0.2) is 12.4 Å². The van der Waals surface area contributed by atoms with Crippen molar-refractivity contribution in [1.82, 2.24) is 0 Å². The lowest BCUT2D eigenvalue weighted by Gasteiger charge is -1.92. The highest BCUT2D eigenvalue weighted by Crippen LogP contribution is 2.12. The Bertz CT molecular complexity index is 460. The SMILES string of the molecule is Cc1ccc(C(=O)O)cc1.NC(CO[P+](=O)O)=NO. The summed E-state index contributed by atoms with van der Waals surface area (Å²) in [6, 6.07) is 6.75. The molecule has 0 fully saturated rings. The molecule has 1 rings (SSSR count). The van der Waals surface area contributed by atoms with Crippen LogP contribution in [0.1, 0.15) is 15.9 Å². The summed E-state index contributed by atoms with van der Waals surface area (Å²) in [6.07, 6.45) is 0. The number of hydrogen-bond acceptors (Lipinski definition) is 5. The van der Waals surface area contributed by atoms with E-state index in [4.69, 9.17) is 20.9 Å². The number of benzene rings is 1. The van der Waals surface area contributed by atoms with Crippen LogP contribution in [0.3, 0.4) is 0 Å². The number of nitrogens with two attached hydrogens (primary N) is 1. The minimum absolute atomic E-state index is 0.243. The maximum Gasteiger partial charge on any atom is 0.695 e. The third kappa shape index (κ3) is 8.67. The second-order valence-corrected chi connectivity index (χ2v) is 4.01. The van der Waals surface area contributed by atoms with Gasteiger partial charge in [-0.2, -0.15) is 0 Å². The van der Waals surface area contributed by atoms with Crippen molar-refractivity contribution >= 4 is 20.1 Å². The van der Waals surface area contributed by atoms with Crippen LogP contribution in [0.15, 0.2) is 29.4 Å². The average molecular weight is 289 g/mol. The van der Waals surface area contributed by atoms with Crippen molar-refractivity contribution in [2.75, 3.05) is 6.61 Å². The summed E-state index contributed by atoms with van der Waals surface area (Å²) in [5, 5.41) is 18.8. The quantitative estimate of drug-likeness (QED) is 0.213. The van der Waals surface area contributed by atoms with Crippen molar-refractivity contribution in [3.8, 4) is 0 Å². The zero-order valence-electron chi connectivity index (χ0n) is 10.1. The van der Waals surface area contributed by atoms with Crippen molar-refractivity contribution in [2.24, 2.45) is 10.9 Å². The van der Waals surface area contributed by atoms with E-state index in [1.165, 1.54) is 0 Å². The van der Waals surface area contributed by atoms with Gasteiger partial charge in [0.25, 0.3) is 0 Å². The van der Waals surface area contributed by atoms with Crippen molar-refractivity contribution in [3.63, 3.8) is 0 Å². The van der Waals surface area contributed by atoms with Gasteiger partial charge in [-0.05, 0) is 19.1 Å².